The smallest absolute Gasteiger partial charge is 0.416 e. The average Bonchev–Trinajstić information content (AvgIpc) is 2.77. The molecule has 0 spiro atoms. The molecule has 34 heavy (non-hydrogen) atoms. The molecule has 5 nitrogen and oxygen atoms in total. The first-order valence-electron chi connectivity index (χ1n) is 10.8. The van der Waals surface area contributed by atoms with Crippen molar-refractivity contribution in [1.82, 2.24) is 0 Å². The van der Waals surface area contributed by atoms with Crippen molar-refractivity contribution in [1.29, 1.82) is 0 Å². The Morgan fingerprint density at radius 3 is 2.26 bits per heavy atom. The van der Waals surface area contributed by atoms with E-state index in [9.17, 15) is 23.1 Å². The normalized spacial score (nSPS) is 11.8. The Labute approximate surface area is 203 Å². The van der Waals surface area contributed by atoms with Gasteiger partial charge in [-0.2, -0.15) is 13.2 Å². The molecule has 0 atom stereocenters. The van der Waals surface area contributed by atoms with Gasteiger partial charge in [0.1, 0.15) is 5.75 Å². The molecule has 0 aliphatic heterocycles. The minimum atomic E-state index is -4.40. The number of phenolic OH excluding ortho intramolecular Hbond substituents is 1. The maximum atomic E-state index is 12.9. The number of aliphatic hydroxyl groups excluding tert-OH is 1. The number of hydrogen-bond acceptors (Lipinski definition) is 5. The monoisotopic (exact) mass is 501 g/mol. The van der Waals surface area contributed by atoms with Crippen LogP contribution in [0.4, 0.5) is 18.9 Å². The number of hydrogen-bond donors (Lipinski definition) is 2. The molecule has 0 unspecified atom stereocenters. The molecule has 0 saturated carbocycles. The first-order chi connectivity index (χ1) is 15.8. The van der Waals surface area contributed by atoms with Gasteiger partial charge in [-0.05, 0) is 62.6 Å². The summed E-state index contributed by atoms with van der Waals surface area (Å²) >= 11 is 5.76. The highest BCUT2D eigenvalue weighted by Gasteiger charge is 2.31. The van der Waals surface area contributed by atoms with Gasteiger partial charge in [-0.1, -0.05) is 25.4 Å². The third kappa shape index (κ3) is 8.74. The van der Waals surface area contributed by atoms with Gasteiger partial charge in [0, 0.05) is 22.7 Å². The van der Waals surface area contributed by atoms with E-state index in [1.54, 1.807) is 26.8 Å². The van der Waals surface area contributed by atoms with E-state index in [-0.39, 0.29) is 31.4 Å². The van der Waals surface area contributed by atoms with Crippen LogP contribution in [0.1, 0.15) is 66.2 Å². The minimum Gasteiger partial charge on any atom is -0.507 e. The zero-order valence-corrected chi connectivity index (χ0v) is 20.8. The zero-order valence-electron chi connectivity index (χ0n) is 20.0. The lowest BCUT2D eigenvalue weighted by atomic mass is 10.0. The second-order valence-electron chi connectivity index (χ2n) is 7.67. The highest BCUT2D eigenvalue weighted by Crippen LogP contribution is 2.35. The molecule has 2 rings (SSSR count). The number of ether oxygens (including phenoxy) is 1. The van der Waals surface area contributed by atoms with E-state index < -0.39 is 11.7 Å². The number of phenols is 1. The maximum absolute atomic E-state index is 12.9. The SMILES string of the molecule is CCC(=O)c1cc(Cl)cc(C)c1O.CCC(C)=Nc1c(C)cc(C(F)(F)F)cc1COCCO. The summed E-state index contributed by atoms with van der Waals surface area (Å²) < 4.78 is 43.8. The Morgan fingerprint density at radius 1 is 1.09 bits per heavy atom. The van der Waals surface area contributed by atoms with Gasteiger partial charge in [0.25, 0.3) is 0 Å². The van der Waals surface area contributed by atoms with Gasteiger partial charge in [0.15, 0.2) is 5.78 Å². The van der Waals surface area contributed by atoms with Gasteiger partial charge in [-0.3, -0.25) is 9.79 Å². The fourth-order valence-corrected chi connectivity index (χ4v) is 3.21. The van der Waals surface area contributed by atoms with Crippen molar-refractivity contribution < 1.29 is 32.9 Å². The predicted molar refractivity (Wildman–Crippen MR) is 128 cm³/mol. The Bertz CT molecular complexity index is 1020. The van der Waals surface area contributed by atoms with Gasteiger partial charge in [0.05, 0.1) is 36.6 Å². The third-order valence-electron chi connectivity index (χ3n) is 4.90. The Balaban J connectivity index is 0.000000380. The summed E-state index contributed by atoms with van der Waals surface area (Å²) in [7, 11) is 0. The summed E-state index contributed by atoms with van der Waals surface area (Å²) in [5.74, 6) is -0.0562. The van der Waals surface area contributed by atoms with E-state index >= 15 is 0 Å². The fraction of sp³-hybridized carbons (Fsp3) is 0.440. The zero-order chi connectivity index (χ0) is 26.1. The molecule has 2 aromatic carbocycles. The van der Waals surface area contributed by atoms with Crippen molar-refractivity contribution in [2.24, 2.45) is 4.99 Å². The van der Waals surface area contributed by atoms with Crippen molar-refractivity contribution in [2.45, 2.75) is 60.2 Å². The van der Waals surface area contributed by atoms with E-state index in [2.05, 4.69) is 4.99 Å². The number of aliphatic hydroxyl groups is 1. The van der Waals surface area contributed by atoms with Crippen molar-refractivity contribution in [3.8, 4) is 5.75 Å². The van der Waals surface area contributed by atoms with Crippen LogP contribution in [0.25, 0.3) is 0 Å². The van der Waals surface area contributed by atoms with Crippen LogP contribution < -0.4 is 0 Å². The van der Waals surface area contributed by atoms with E-state index in [1.807, 2.05) is 13.8 Å². The molecule has 0 aromatic heterocycles. The average molecular weight is 502 g/mol. The topological polar surface area (TPSA) is 79.1 Å². The Morgan fingerprint density at radius 2 is 1.74 bits per heavy atom. The lowest BCUT2D eigenvalue weighted by molar-refractivity contribution is -0.137. The number of carbonyl (C=O) groups excluding carboxylic acids is 1. The van der Waals surface area contributed by atoms with Gasteiger partial charge in [-0.15, -0.1) is 0 Å². The molecular weight excluding hydrogens is 471 g/mol. The molecule has 0 amide bonds. The quantitative estimate of drug-likeness (QED) is 0.232. The summed E-state index contributed by atoms with van der Waals surface area (Å²) in [6.45, 7) is 8.71. The summed E-state index contributed by atoms with van der Waals surface area (Å²) in [5, 5.41) is 18.7. The number of aryl methyl sites for hydroxylation is 2. The van der Waals surface area contributed by atoms with Crippen LogP contribution >= 0.6 is 11.6 Å². The summed E-state index contributed by atoms with van der Waals surface area (Å²) in [5.41, 5.74) is 2.41. The van der Waals surface area contributed by atoms with Gasteiger partial charge in [-0.25, -0.2) is 0 Å². The molecule has 0 radical (unpaired) electrons. The van der Waals surface area contributed by atoms with E-state index in [0.29, 0.717) is 39.4 Å². The van der Waals surface area contributed by atoms with Crippen molar-refractivity contribution in [3.05, 3.63) is 57.1 Å². The van der Waals surface area contributed by atoms with Gasteiger partial charge in [0.2, 0.25) is 0 Å². The number of ketones is 1. The molecule has 188 valence electrons. The highest BCUT2D eigenvalue weighted by molar-refractivity contribution is 6.31. The number of carbonyl (C=O) groups is 1. The first-order valence-corrected chi connectivity index (χ1v) is 11.2. The van der Waals surface area contributed by atoms with Crippen molar-refractivity contribution in [2.75, 3.05) is 13.2 Å². The lowest BCUT2D eigenvalue weighted by Gasteiger charge is -2.15. The Hall–Kier alpha value is -2.42. The number of nitrogens with zero attached hydrogens (tertiary/aromatic N) is 1. The lowest BCUT2D eigenvalue weighted by Crippen LogP contribution is -2.08. The van der Waals surface area contributed by atoms with E-state index in [0.717, 1.165) is 24.3 Å². The van der Waals surface area contributed by atoms with Gasteiger partial charge < -0.3 is 14.9 Å². The largest absolute Gasteiger partial charge is 0.507 e. The molecule has 9 heteroatoms. The fourth-order valence-electron chi connectivity index (χ4n) is 2.94. The number of rotatable bonds is 8. The minimum absolute atomic E-state index is 0.0128. The van der Waals surface area contributed by atoms with Crippen molar-refractivity contribution in [3.63, 3.8) is 0 Å². The molecule has 0 aliphatic rings. The number of alkyl halides is 3. The van der Waals surface area contributed by atoms with Crippen LogP contribution in [0.2, 0.25) is 5.02 Å². The summed E-state index contributed by atoms with van der Waals surface area (Å²) in [4.78, 5) is 15.7. The van der Waals surface area contributed by atoms with Crippen LogP contribution in [-0.2, 0) is 17.5 Å². The van der Waals surface area contributed by atoms with Crippen LogP contribution in [0, 0.1) is 13.8 Å². The number of Topliss-reactive ketones (excluding diaryl/α,β-unsaturated/α-hetero) is 1. The van der Waals surface area contributed by atoms with E-state index in [1.165, 1.54) is 6.07 Å². The Kier molecular flexibility index (Phi) is 11.7. The number of aliphatic imine (C=N–C) groups is 1. The predicted octanol–water partition coefficient (Wildman–Crippen LogP) is 6.97. The molecule has 0 bridgehead atoms. The molecule has 0 heterocycles. The maximum Gasteiger partial charge on any atom is 0.416 e. The third-order valence-corrected chi connectivity index (χ3v) is 5.12. The molecular formula is C25H31ClF3NO4. The molecule has 0 aliphatic carbocycles. The van der Waals surface area contributed by atoms with E-state index in [4.69, 9.17) is 21.4 Å². The number of halogens is 4. The number of aromatic hydroxyl groups is 1. The molecule has 0 fully saturated rings. The van der Waals surface area contributed by atoms with Crippen LogP contribution in [-0.4, -0.2) is 34.9 Å². The van der Waals surface area contributed by atoms with Crippen LogP contribution in [0.5, 0.6) is 5.75 Å². The standard InChI is InChI=1S/C15H20F3NO2.C10H11ClO2/c1-4-11(3)19-14-10(2)7-13(15(16,17)18)8-12(14)9-21-6-5-20;1-3-9(12)8-5-7(11)4-6(2)10(8)13/h7-8,20H,4-6,9H2,1-3H3;4-5,13H,3H2,1-2H3. The van der Waals surface area contributed by atoms with Crippen LogP contribution in [0.3, 0.4) is 0 Å². The molecule has 0 saturated heterocycles. The second-order valence-corrected chi connectivity index (χ2v) is 8.11. The highest BCUT2D eigenvalue weighted by atomic mass is 35.5. The van der Waals surface area contributed by atoms with Gasteiger partial charge >= 0.3 is 6.18 Å². The summed E-state index contributed by atoms with van der Waals surface area (Å²) in [6, 6.07) is 5.28. The first kappa shape index (κ1) is 29.6. The second kappa shape index (κ2) is 13.5. The summed E-state index contributed by atoms with van der Waals surface area (Å²) in [6.07, 6.45) is -3.32. The van der Waals surface area contributed by atoms with Crippen molar-refractivity contribution >= 4 is 28.8 Å². The molecule has 2 aromatic rings. The molecule has 2 N–H and O–H groups in total. The van der Waals surface area contributed by atoms with Crippen LogP contribution in [0.15, 0.2) is 29.3 Å². The number of benzene rings is 2.